The van der Waals surface area contributed by atoms with E-state index in [9.17, 15) is 0 Å². The van der Waals surface area contributed by atoms with Gasteiger partial charge in [0.15, 0.2) is 0 Å². The molecule has 0 unspecified atom stereocenters. The van der Waals surface area contributed by atoms with Crippen molar-refractivity contribution in [3.05, 3.63) is 320 Å². The fourth-order valence-corrected chi connectivity index (χ4v) is 13.9. The molecule has 480 valence electrons. The van der Waals surface area contributed by atoms with Crippen LogP contribution in [0.15, 0.2) is 292 Å². The van der Waals surface area contributed by atoms with Crippen LogP contribution < -0.4 is 0 Å². The van der Waals surface area contributed by atoms with Gasteiger partial charge in [0.05, 0.1) is 22.1 Å². The first-order valence-electron chi connectivity index (χ1n) is 50.0. The Hall–Kier alpha value is -12.2. The van der Waals surface area contributed by atoms with Gasteiger partial charge in [-0.15, -0.1) is 0 Å². The molecule has 13 aromatic carbocycles. The number of hydrogen-bond donors (Lipinski definition) is 0. The first-order chi connectivity index (χ1) is 64.4. The summed E-state index contributed by atoms with van der Waals surface area (Å²) >= 11 is 0. The number of rotatable bonds is 0. The summed E-state index contributed by atoms with van der Waals surface area (Å²) in [5.74, 6) is 0. The standard InChI is InChI=1S/3C18H13N.2C17H12N2.15H2/c1-12-8-9-15-13-5-2-3-6-14(13)16-7-4-10-19-18(16)17(15)11-12;2*1-12-6-7-15-13-4-2-3-5-14(13)16-8-9-19-11-18(16)17(15)10-12;1-11-6-7-12-13-4-2-8-18-16(13)17-14(15(12)10-11)5-3-9-19-17;1-11-4-5-12-13-6-8-18-10-16(13)17-14(15(12)9-11)3-2-7-19-17;;;;;;;;;;;;;;;/h3*2-11H,1H3;2*2-10H,1H3;15*1H/i5*1D;15*1+1D. The lowest BCUT2D eigenvalue weighted by atomic mass is 9.94. The van der Waals surface area contributed by atoms with Gasteiger partial charge in [-0.05, 0) is 180 Å². The summed E-state index contributed by atoms with van der Waals surface area (Å²) in [6, 6.07) is 79.1. The molecule has 0 atom stereocenters. The van der Waals surface area contributed by atoms with Gasteiger partial charge < -0.3 is 0 Å². The second-order valence-electron chi connectivity index (χ2n) is 23.9. The Bertz CT molecular complexity index is 5550. The molecule has 0 aliphatic heterocycles. The SMILES string of the molecule is [2H]Cc1ccc2c(c1)c1cccnc1c1cnccc21.[2H]Cc1ccc2c(c1)c1cccnc1c1ncccc21.[2H]Cc1ccc2c3ccccc3c3cccnc3c2c1.[2H]Cc1ccc2c3ccccc3c3ccncc3c2c1.[2H]Cc1ccc2c3ccccc3c3ccncc3c2c1.[2H][2H].[2H][2H].[2H][2H].[2H][2H].[2H][2H].[2H][2H].[2H][2H].[2H][2H].[2H][2H].[2H][2H].[2H][2H].[2H][2H].[2H][2H].[2H][2H].[2H][2H]. The molecular formula is C88H93N7. The van der Waals surface area contributed by atoms with Crippen molar-refractivity contribution in [3.63, 3.8) is 0 Å². The Kier molecular flexibility index (Phi) is 10.3. The molecule has 95 heavy (non-hydrogen) atoms. The summed E-state index contributed by atoms with van der Waals surface area (Å²) in [6.45, 7) is 1.51. The normalized spacial score (nSPS) is 13.4. The van der Waals surface area contributed by atoms with Crippen LogP contribution in [0.5, 0.6) is 0 Å². The first kappa shape index (κ1) is 39.9. The molecular weight excluding hydrogens is 1160 g/mol. The van der Waals surface area contributed by atoms with Crippen molar-refractivity contribution in [3.8, 4) is 0 Å². The Balaban J connectivity index is 0.000000756. The van der Waals surface area contributed by atoms with Gasteiger partial charge in [0.25, 0.3) is 0 Å². The van der Waals surface area contributed by atoms with Crippen LogP contribution in [0.3, 0.4) is 0 Å². The van der Waals surface area contributed by atoms with Gasteiger partial charge in [-0.25, -0.2) is 0 Å². The highest BCUT2D eigenvalue weighted by atomic mass is 14.7. The quantitative estimate of drug-likeness (QED) is 0.140. The maximum Gasteiger partial charge on any atom is 0.0970 e. The monoisotopic (exact) mass is 1280 g/mol. The molecule has 7 heterocycles. The topological polar surface area (TPSA) is 90.2 Å². The molecule has 0 saturated carbocycles. The van der Waals surface area contributed by atoms with Crippen molar-refractivity contribution < 1.29 is 51.4 Å². The van der Waals surface area contributed by atoms with Gasteiger partial charge in [0.1, 0.15) is 0 Å². The summed E-state index contributed by atoms with van der Waals surface area (Å²) in [6.07, 6.45) is 18.5. The number of pyridine rings is 7. The van der Waals surface area contributed by atoms with Crippen molar-refractivity contribution >= 4 is 162 Å². The van der Waals surface area contributed by atoms with E-state index in [-0.39, 0.29) is 0 Å². The molecule has 0 fully saturated rings. The maximum absolute atomic E-state index is 7.57. The van der Waals surface area contributed by atoms with Crippen LogP contribution in [0.25, 0.3) is 162 Å². The van der Waals surface area contributed by atoms with Gasteiger partial charge >= 0.3 is 0 Å². The number of benzene rings is 13. The fraction of sp³-hybridized carbons (Fsp3) is 0.0568. The van der Waals surface area contributed by atoms with Gasteiger partial charge in [-0.1, -0.05) is 210 Å². The van der Waals surface area contributed by atoms with Gasteiger partial charge in [-0.3, -0.25) is 34.9 Å². The lowest BCUT2D eigenvalue weighted by Crippen LogP contribution is -1.88. The van der Waals surface area contributed by atoms with Crippen molar-refractivity contribution in [2.45, 2.75) is 34.5 Å². The minimum absolute atomic E-state index is 0.294. The third-order valence-corrected chi connectivity index (χ3v) is 18.1. The molecule has 7 heteroatoms. The highest BCUT2D eigenvalue weighted by molar-refractivity contribution is 6.28. The van der Waals surface area contributed by atoms with Gasteiger partial charge in [0, 0.05) is 156 Å². The zero-order valence-corrected chi connectivity index (χ0v) is 51.9. The minimum Gasteiger partial charge on any atom is -0.264 e. The first-order valence-corrected chi connectivity index (χ1v) is 31.5. The summed E-state index contributed by atoms with van der Waals surface area (Å²) in [5, 5.41) is 31.0. The highest BCUT2D eigenvalue weighted by Crippen LogP contribution is 2.39. The predicted molar refractivity (Wildman–Crippen MR) is 435 cm³/mol. The Morgan fingerprint density at radius 2 is 0.432 bits per heavy atom. The lowest BCUT2D eigenvalue weighted by Gasteiger charge is -2.10. The van der Waals surface area contributed by atoms with E-state index in [0.717, 1.165) is 104 Å². The second-order valence-corrected chi connectivity index (χ2v) is 23.9. The Morgan fingerprint density at radius 3 is 0.811 bits per heavy atom. The molecule has 20 rings (SSSR count). The molecule has 20 aromatic rings. The van der Waals surface area contributed by atoms with E-state index in [2.05, 4.69) is 205 Å². The molecule has 0 saturated heterocycles. The zero-order valence-electron chi connectivity index (χ0n) is 86.9. The zero-order chi connectivity index (χ0) is 97.6. The van der Waals surface area contributed by atoms with Crippen LogP contribution >= 0.6 is 0 Å². The van der Waals surface area contributed by atoms with Crippen molar-refractivity contribution in [2.24, 2.45) is 0 Å². The molecule has 7 aromatic heterocycles. The molecule has 0 spiro atoms. The molecule has 0 aliphatic carbocycles. The summed E-state index contributed by atoms with van der Waals surface area (Å²) < 4.78 is 188. The van der Waals surface area contributed by atoms with Gasteiger partial charge in [-0.2, -0.15) is 0 Å². The van der Waals surface area contributed by atoms with E-state index in [0.29, 0.717) is 34.5 Å². The number of aryl methyl sites for hydroxylation is 5. The highest BCUT2D eigenvalue weighted by Gasteiger charge is 2.14. The summed E-state index contributed by atoms with van der Waals surface area (Å²) in [7, 11) is 0. The van der Waals surface area contributed by atoms with Crippen LogP contribution in [0, 0.1) is 34.5 Å². The van der Waals surface area contributed by atoms with Crippen LogP contribution in [0.2, 0.25) is 0 Å². The van der Waals surface area contributed by atoms with Crippen LogP contribution in [-0.4, -0.2) is 34.9 Å². The smallest absolute Gasteiger partial charge is 0.0970 e. The minimum atomic E-state index is 0.294. The van der Waals surface area contributed by atoms with Crippen LogP contribution in [0.4, 0.5) is 0 Å². The van der Waals surface area contributed by atoms with Crippen molar-refractivity contribution in [1.82, 2.24) is 34.9 Å². The van der Waals surface area contributed by atoms with Crippen LogP contribution in [-0.2, 0) is 0 Å². The number of nitrogens with zero attached hydrogens (tertiary/aromatic N) is 7. The number of fused-ring (bicyclic) bond motifs is 30. The van der Waals surface area contributed by atoms with Crippen molar-refractivity contribution in [1.29, 1.82) is 0 Å². The molecule has 0 radical (unpaired) electrons. The third kappa shape index (κ3) is 10.5. The third-order valence-electron chi connectivity index (χ3n) is 18.1. The fourth-order valence-electron chi connectivity index (χ4n) is 13.9. The number of aromatic nitrogens is 7. The van der Waals surface area contributed by atoms with E-state index in [1.54, 1.807) is 12.4 Å². The van der Waals surface area contributed by atoms with E-state index in [1.807, 2.05) is 110 Å². The van der Waals surface area contributed by atoms with Crippen LogP contribution in [0.1, 0.15) is 79.2 Å². The van der Waals surface area contributed by atoms with E-state index in [4.69, 9.17) is 51.4 Å². The average Bonchev–Trinajstić information content (AvgIpc) is 0.773. The predicted octanol–water partition coefficient (Wildman–Crippen LogP) is 26.7. The maximum atomic E-state index is 7.57. The van der Waals surface area contributed by atoms with Crippen molar-refractivity contribution in [2.75, 3.05) is 0 Å². The molecule has 0 aliphatic rings. The van der Waals surface area contributed by atoms with E-state index < -0.39 is 0 Å². The van der Waals surface area contributed by atoms with E-state index in [1.165, 1.54) is 86.2 Å². The summed E-state index contributed by atoms with van der Waals surface area (Å²) in [4.78, 5) is 30.9. The Labute approximate surface area is 602 Å². The second kappa shape index (κ2) is 24.5. The average molecular weight is 1280 g/mol. The molecule has 0 bridgehead atoms. The molecule has 7 nitrogen and oxygen atoms in total. The largest absolute Gasteiger partial charge is 0.264 e. The Morgan fingerprint density at radius 1 is 0.200 bits per heavy atom. The molecule has 0 amide bonds. The lowest BCUT2D eigenvalue weighted by molar-refractivity contribution is 1.36. The van der Waals surface area contributed by atoms with Gasteiger partial charge in [0.2, 0.25) is 0 Å². The number of hydrogen-bond acceptors (Lipinski definition) is 7. The summed E-state index contributed by atoms with van der Waals surface area (Å²) in [5.41, 5.74) is 9.02. The van der Waals surface area contributed by atoms with E-state index >= 15 is 0 Å². The molecule has 0 N–H and O–H groups in total.